The third-order valence-electron chi connectivity index (χ3n) is 3.11. The summed E-state index contributed by atoms with van der Waals surface area (Å²) in [6.45, 7) is 7.65. The van der Waals surface area contributed by atoms with E-state index >= 15 is 0 Å². The number of nitrogens with one attached hydrogen (secondary N) is 1. The summed E-state index contributed by atoms with van der Waals surface area (Å²) in [6, 6.07) is 4.50. The van der Waals surface area contributed by atoms with Gasteiger partial charge in [-0.2, -0.15) is 0 Å². The van der Waals surface area contributed by atoms with E-state index in [4.69, 9.17) is 4.74 Å². The van der Waals surface area contributed by atoms with Gasteiger partial charge in [0.25, 0.3) is 0 Å². The van der Waals surface area contributed by atoms with Crippen molar-refractivity contribution in [2.24, 2.45) is 5.92 Å². The SMILES string of the molecule is CCC(C)CC(C)NCc1ccc(OC)nc1. The largest absolute Gasteiger partial charge is 0.481 e. The Hall–Kier alpha value is -1.09. The van der Waals surface area contributed by atoms with Crippen LogP contribution in [0.25, 0.3) is 0 Å². The molecule has 1 N–H and O–H groups in total. The van der Waals surface area contributed by atoms with Crippen LogP contribution in [0, 0.1) is 5.92 Å². The number of pyridine rings is 1. The highest BCUT2D eigenvalue weighted by molar-refractivity contribution is 5.17. The number of hydrogen-bond acceptors (Lipinski definition) is 3. The quantitative estimate of drug-likeness (QED) is 0.790. The molecule has 0 aliphatic heterocycles. The van der Waals surface area contributed by atoms with Gasteiger partial charge in [-0.1, -0.05) is 26.3 Å². The normalized spacial score (nSPS) is 14.4. The monoisotopic (exact) mass is 236 g/mol. The Kier molecular flexibility index (Phi) is 5.98. The van der Waals surface area contributed by atoms with Gasteiger partial charge in [-0.25, -0.2) is 4.98 Å². The van der Waals surface area contributed by atoms with Crippen molar-refractivity contribution < 1.29 is 4.74 Å². The molecule has 3 nitrogen and oxygen atoms in total. The molecule has 0 aromatic carbocycles. The molecule has 1 aromatic rings. The molecule has 0 bridgehead atoms. The van der Waals surface area contributed by atoms with Crippen LogP contribution in [0.15, 0.2) is 18.3 Å². The number of methoxy groups -OCH3 is 1. The van der Waals surface area contributed by atoms with Crippen LogP contribution in [0.2, 0.25) is 0 Å². The molecular formula is C14H24N2O. The molecule has 0 saturated carbocycles. The van der Waals surface area contributed by atoms with E-state index in [1.807, 2.05) is 12.3 Å². The molecule has 2 atom stereocenters. The van der Waals surface area contributed by atoms with Crippen LogP contribution in [0.1, 0.15) is 39.2 Å². The van der Waals surface area contributed by atoms with Crippen molar-refractivity contribution in [2.75, 3.05) is 7.11 Å². The maximum atomic E-state index is 5.03. The van der Waals surface area contributed by atoms with Gasteiger partial charge in [-0.3, -0.25) is 0 Å². The van der Waals surface area contributed by atoms with Crippen LogP contribution in [-0.4, -0.2) is 18.1 Å². The van der Waals surface area contributed by atoms with Crippen LogP contribution in [0.3, 0.4) is 0 Å². The van der Waals surface area contributed by atoms with E-state index in [1.165, 1.54) is 18.4 Å². The molecule has 1 heterocycles. The minimum Gasteiger partial charge on any atom is -0.481 e. The lowest BCUT2D eigenvalue weighted by atomic mass is 10.0. The van der Waals surface area contributed by atoms with E-state index in [1.54, 1.807) is 7.11 Å². The minimum atomic E-state index is 0.548. The highest BCUT2D eigenvalue weighted by atomic mass is 16.5. The number of ether oxygens (including phenoxy) is 1. The molecule has 1 aromatic heterocycles. The molecule has 0 saturated heterocycles. The first-order valence-electron chi connectivity index (χ1n) is 6.38. The molecule has 2 unspecified atom stereocenters. The average molecular weight is 236 g/mol. The van der Waals surface area contributed by atoms with Crippen molar-refractivity contribution in [3.63, 3.8) is 0 Å². The summed E-state index contributed by atoms with van der Waals surface area (Å²) in [7, 11) is 1.63. The third-order valence-corrected chi connectivity index (χ3v) is 3.11. The third kappa shape index (κ3) is 5.18. The standard InChI is InChI=1S/C14H24N2O/c1-5-11(2)8-12(3)15-9-13-6-7-14(17-4)16-10-13/h6-7,10-12,15H,5,8-9H2,1-4H3. The van der Waals surface area contributed by atoms with Gasteiger partial charge >= 0.3 is 0 Å². The van der Waals surface area contributed by atoms with Crippen LogP contribution in [0.4, 0.5) is 0 Å². The second kappa shape index (κ2) is 7.28. The van der Waals surface area contributed by atoms with Crippen molar-refractivity contribution >= 4 is 0 Å². The summed E-state index contributed by atoms with van der Waals surface area (Å²) < 4.78 is 5.03. The maximum Gasteiger partial charge on any atom is 0.212 e. The summed E-state index contributed by atoms with van der Waals surface area (Å²) in [4.78, 5) is 4.19. The van der Waals surface area contributed by atoms with Crippen LogP contribution < -0.4 is 10.1 Å². The van der Waals surface area contributed by atoms with Crippen molar-refractivity contribution in [3.05, 3.63) is 23.9 Å². The molecule has 0 spiro atoms. The highest BCUT2D eigenvalue weighted by Gasteiger charge is 2.06. The lowest BCUT2D eigenvalue weighted by Gasteiger charge is -2.17. The van der Waals surface area contributed by atoms with E-state index in [2.05, 4.69) is 37.1 Å². The van der Waals surface area contributed by atoms with Crippen molar-refractivity contribution in [1.82, 2.24) is 10.3 Å². The first kappa shape index (κ1) is 14.0. The van der Waals surface area contributed by atoms with Gasteiger partial charge in [0.2, 0.25) is 5.88 Å². The zero-order valence-electron chi connectivity index (χ0n) is 11.4. The first-order chi connectivity index (χ1) is 8.15. The second-order valence-electron chi connectivity index (χ2n) is 4.74. The van der Waals surface area contributed by atoms with Crippen molar-refractivity contribution in [2.45, 2.75) is 46.2 Å². The Morgan fingerprint density at radius 3 is 2.65 bits per heavy atom. The zero-order valence-corrected chi connectivity index (χ0v) is 11.4. The predicted octanol–water partition coefficient (Wildman–Crippen LogP) is 3.00. The molecule has 0 aliphatic carbocycles. The van der Waals surface area contributed by atoms with Gasteiger partial charge in [0.15, 0.2) is 0 Å². The highest BCUT2D eigenvalue weighted by Crippen LogP contribution is 2.11. The van der Waals surface area contributed by atoms with Crippen LogP contribution >= 0.6 is 0 Å². The summed E-state index contributed by atoms with van der Waals surface area (Å²) >= 11 is 0. The van der Waals surface area contributed by atoms with E-state index in [0.29, 0.717) is 11.9 Å². The van der Waals surface area contributed by atoms with Gasteiger partial charge in [0.05, 0.1) is 7.11 Å². The van der Waals surface area contributed by atoms with E-state index in [0.717, 1.165) is 12.5 Å². The molecule has 3 heteroatoms. The Labute approximate surface area is 105 Å². The fourth-order valence-electron chi connectivity index (χ4n) is 1.78. The number of rotatable bonds is 7. The maximum absolute atomic E-state index is 5.03. The molecular weight excluding hydrogens is 212 g/mol. The fraction of sp³-hybridized carbons (Fsp3) is 0.643. The number of hydrogen-bond donors (Lipinski definition) is 1. The molecule has 0 fully saturated rings. The Morgan fingerprint density at radius 1 is 1.35 bits per heavy atom. The minimum absolute atomic E-state index is 0.548. The molecule has 96 valence electrons. The summed E-state index contributed by atoms with van der Waals surface area (Å²) in [5.41, 5.74) is 1.20. The Morgan fingerprint density at radius 2 is 2.12 bits per heavy atom. The Balaban J connectivity index is 2.34. The van der Waals surface area contributed by atoms with Gasteiger partial charge < -0.3 is 10.1 Å². The molecule has 0 amide bonds. The van der Waals surface area contributed by atoms with Gasteiger partial charge in [-0.15, -0.1) is 0 Å². The van der Waals surface area contributed by atoms with Gasteiger partial charge in [-0.05, 0) is 24.8 Å². The molecule has 0 aliphatic rings. The molecule has 1 rings (SSSR count). The molecule has 17 heavy (non-hydrogen) atoms. The van der Waals surface area contributed by atoms with Crippen molar-refractivity contribution in [1.29, 1.82) is 0 Å². The van der Waals surface area contributed by atoms with Gasteiger partial charge in [0.1, 0.15) is 0 Å². The predicted molar refractivity (Wildman–Crippen MR) is 71.2 cm³/mol. The zero-order chi connectivity index (χ0) is 12.7. The summed E-state index contributed by atoms with van der Waals surface area (Å²) in [5.74, 6) is 1.45. The summed E-state index contributed by atoms with van der Waals surface area (Å²) in [6.07, 6.45) is 4.33. The lowest BCUT2D eigenvalue weighted by Crippen LogP contribution is -2.27. The van der Waals surface area contributed by atoms with Crippen LogP contribution in [-0.2, 0) is 6.54 Å². The van der Waals surface area contributed by atoms with Crippen molar-refractivity contribution in [3.8, 4) is 5.88 Å². The second-order valence-corrected chi connectivity index (χ2v) is 4.74. The average Bonchev–Trinajstić information content (AvgIpc) is 2.36. The van der Waals surface area contributed by atoms with Crippen LogP contribution in [0.5, 0.6) is 5.88 Å². The number of aromatic nitrogens is 1. The smallest absolute Gasteiger partial charge is 0.212 e. The summed E-state index contributed by atoms with van der Waals surface area (Å²) in [5, 5.41) is 3.52. The fourth-order valence-corrected chi connectivity index (χ4v) is 1.78. The van der Waals surface area contributed by atoms with E-state index in [-0.39, 0.29) is 0 Å². The Bertz CT molecular complexity index is 311. The van der Waals surface area contributed by atoms with E-state index < -0.39 is 0 Å². The lowest BCUT2D eigenvalue weighted by molar-refractivity contribution is 0.396. The number of nitrogens with zero attached hydrogens (tertiary/aromatic N) is 1. The molecule has 0 radical (unpaired) electrons. The van der Waals surface area contributed by atoms with Gasteiger partial charge in [0, 0.05) is 24.8 Å². The van der Waals surface area contributed by atoms with E-state index in [9.17, 15) is 0 Å². The topological polar surface area (TPSA) is 34.1 Å². The first-order valence-corrected chi connectivity index (χ1v) is 6.38.